The van der Waals surface area contributed by atoms with E-state index in [9.17, 15) is 9.59 Å². The first-order valence-corrected chi connectivity index (χ1v) is 5.13. The Morgan fingerprint density at radius 1 is 1.38 bits per heavy atom. The van der Waals surface area contributed by atoms with Crippen LogP contribution in [-0.2, 0) is 9.59 Å². The van der Waals surface area contributed by atoms with E-state index in [-0.39, 0.29) is 5.91 Å². The Kier molecular flexibility index (Phi) is 4.05. The number of amides is 1. The Morgan fingerprint density at radius 2 is 2.06 bits per heavy atom. The molecule has 86 valence electrons. The molecule has 1 N–H and O–H groups in total. The number of hydrogen-bond acceptors (Lipinski definition) is 2. The average molecular weight is 221 g/mol. The Bertz CT molecular complexity index is 401. The third kappa shape index (κ3) is 3.08. The smallest absolute Gasteiger partial charge is 0.312 e. The molecule has 0 radical (unpaired) electrons. The molecule has 0 heterocycles. The highest BCUT2D eigenvalue weighted by Crippen LogP contribution is 2.16. The van der Waals surface area contributed by atoms with Crippen molar-refractivity contribution in [1.82, 2.24) is 0 Å². The van der Waals surface area contributed by atoms with Crippen molar-refractivity contribution < 1.29 is 14.7 Å². The van der Waals surface area contributed by atoms with Crippen molar-refractivity contribution in [2.75, 3.05) is 11.4 Å². The van der Waals surface area contributed by atoms with Crippen LogP contribution in [0.15, 0.2) is 24.3 Å². The number of benzene rings is 1. The predicted molar refractivity (Wildman–Crippen MR) is 61.5 cm³/mol. The highest BCUT2D eigenvalue weighted by molar-refractivity contribution is 6.02. The second kappa shape index (κ2) is 5.30. The molecule has 4 nitrogen and oxygen atoms in total. The van der Waals surface area contributed by atoms with Gasteiger partial charge in [-0.25, -0.2) is 0 Å². The van der Waals surface area contributed by atoms with E-state index < -0.39 is 12.4 Å². The predicted octanol–water partition coefficient (Wildman–Crippen LogP) is 1.82. The summed E-state index contributed by atoms with van der Waals surface area (Å²) < 4.78 is 0. The molecule has 0 aromatic heterocycles. The minimum absolute atomic E-state index is 0.388. The van der Waals surface area contributed by atoms with Gasteiger partial charge in [-0.05, 0) is 31.5 Å². The van der Waals surface area contributed by atoms with Crippen molar-refractivity contribution in [1.29, 1.82) is 0 Å². The number of hydrogen-bond donors (Lipinski definition) is 1. The van der Waals surface area contributed by atoms with Gasteiger partial charge in [-0.2, -0.15) is 0 Å². The van der Waals surface area contributed by atoms with E-state index in [2.05, 4.69) is 0 Å². The molecule has 1 rings (SSSR count). The molecule has 0 atom stereocenters. The van der Waals surface area contributed by atoms with Crippen LogP contribution >= 0.6 is 0 Å². The lowest BCUT2D eigenvalue weighted by Gasteiger charge is -2.20. The Morgan fingerprint density at radius 3 is 2.56 bits per heavy atom. The largest absolute Gasteiger partial charge is 0.481 e. The molecule has 1 aromatic carbocycles. The molecule has 0 aliphatic carbocycles. The molecule has 0 unspecified atom stereocenters. The minimum Gasteiger partial charge on any atom is -0.481 e. The lowest BCUT2D eigenvalue weighted by atomic mass is 10.2. The van der Waals surface area contributed by atoms with E-state index in [0.29, 0.717) is 6.54 Å². The van der Waals surface area contributed by atoms with Crippen molar-refractivity contribution in [2.45, 2.75) is 20.3 Å². The molecular formula is C12H15NO3. The minimum atomic E-state index is -1.10. The standard InChI is InChI=1S/C12H15NO3/c1-3-13(11(14)8-12(15)16)10-6-4-5-9(2)7-10/h4-7H,3,8H2,1-2H3,(H,15,16). The van der Waals surface area contributed by atoms with Crippen LogP contribution in [0.2, 0.25) is 0 Å². The van der Waals surface area contributed by atoms with Gasteiger partial charge in [-0.1, -0.05) is 12.1 Å². The number of nitrogens with zero attached hydrogens (tertiary/aromatic N) is 1. The van der Waals surface area contributed by atoms with E-state index in [1.807, 2.05) is 32.0 Å². The molecule has 0 bridgehead atoms. The Hall–Kier alpha value is -1.84. The molecular weight excluding hydrogens is 206 g/mol. The van der Waals surface area contributed by atoms with Crippen LogP contribution in [0, 0.1) is 6.92 Å². The van der Waals surface area contributed by atoms with Crippen molar-refractivity contribution in [3.63, 3.8) is 0 Å². The highest BCUT2D eigenvalue weighted by atomic mass is 16.4. The summed E-state index contributed by atoms with van der Waals surface area (Å²) in [5.74, 6) is -1.49. The van der Waals surface area contributed by atoms with Gasteiger partial charge in [0.05, 0.1) is 0 Å². The maximum atomic E-state index is 11.6. The quantitative estimate of drug-likeness (QED) is 0.789. The third-order valence-corrected chi connectivity index (χ3v) is 2.23. The van der Waals surface area contributed by atoms with Crippen LogP contribution < -0.4 is 4.90 Å². The van der Waals surface area contributed by atoms with Crippen LogP contribution in [0.3, 0.4) is 0 Å². The topological polar surface area (TPSA) is 57.6 Å². The molecule has 0 fully saturated rings. The van der Waals surface area contributed by atoms with Crippen LogP contribution in [0.25, 0.3) is 0 Å². The Balaban J connectivity index is 2.89. The van der Waals surface area contributed by atoms with Gasteiger partial charge in [0.2, 0.25) is 5.91 Å². The molecule has 1 aromatic rings. The molecule has 4 heteroatoms. The van der Waals surface area contributed by atoms with Crippen LogP contribution in [0.1, 0.15) is 18.9 Å². The average Bonchev–Trinajstić information content (AvgIpc) is 2.17. The van der Waals surface area contributed by atoms with Crippen LogP contribution in [-0.4, -0.2) is 23.5 Å². The third-order valence-electron chi connectivity index (χ3n) is 2.23. The summed E-state index contributed by atoms with van der Waals surface area (Å²) in [5, 5.41) is 8.58. The molecule has 0 saturated heterocycles. The number of aryl methyl sites for hydroxylation is 1. The highest BCUT2D eigenvalue weighted by Gasteiger charge is 2.16. The molecule has 16 heavy (non-hydrogen) atoms. The van der Waals surface area contributed by atoms with Gasteiger partial charge in [0.1, 0.15) is 6.42 Å². The fraction of sp³-hybridized carbons (Fsp3) is 0.333. The monoisotopic (exact) mass is 221 g/mol. The first-order valence-electron chi connectivity index (χ1n) is 5.13. The van der Waals surface area contributed by atoms with Crippen molar-refractivity contribution in [3.8, 4) is 0 Å². The zero-order valence-electron chi connectivity index (χ0n) is 9.43. The van der Waals surface area contributed by atoms with Crippen LogP contribution in [0.5, 0.6) is 0 Å². The van der Waals surface area contributed by atoms with Gasteiger partial charge < -0.3 is 10.0 Å². The summed E-state index contributed by atoms with van der Waals surface area (Å²) >= 11 is 0. The summed E-state index contributed by atoms with van der Waals surface area (Å²) in [6, 6.07) is 7.44. The first-order chi connectivity index (χ1) is 7.54. The fourth-order valence-electron chi connectivity index (χ4n) is 1.52. The fourth-order valence-corrected chi connectivity index (χ4v) is 1.52. The summed E-state index contributed by atoms with van der Waals surface area (Å²) in [4.78, 5) is 23.6. The van der Waals surface area contributed by atoms with E-state index >= 15 is 0 Å². The summed E-state index contributed by atoms with van der Waals surface area (Å²) in [6.45, 7) is 4.22. The number of carbonyl (C=O) groups excluding carboxylic acids is 1. The van der Waals surface area contributed by atoms with Crippen LogP contribution in [0.4, 0.5) is 5.69 Å². The second-order valence-corrected chi connectivity index (χ2v) is 3.55. The molecule has 0 aliphatic rings. The van der Waals surface area contributed by atoms with Gasteiger partial charge in [-0.3, -0.25) is 9.59 Å². The number of carbonyl (C=O) groups is 2. The molecule has 0 spiro atoms. The SMILES string of the molecule is CCN(C(=O)CC(=O)O)c1cccc(C)c1. The molecule has 0 saturated carbocycles. The van der Waals surface area contributed by atoms with Gasteiger partial charge >= 0.3 is 5.97 Å². The summed E-state index contributed by atoms with van der Waals surface area (Å²) in [6.07, 6.45) is -0.470. The number of anilines is 1. The number of carboxylic acids is 1. The number of rotatable bonds is 4. The maximum absolute atomic E-state index is 11.6. The number of carboxylic acid groups (broad SMARTS) is 1. The van der Waals surface area contributed by atoms with E-state index in [4.69, 9.17) is 5.11 Å². The lowest BCUT2D eigenvalue weighted by Crippen LogP contribution is -2.32. The summed E-state index contributed by atoms with van der Waals surface area (Å²) in [7, 11) is 0. The van der Waals surface area contributed by atoms with Gasteiger partial charge in [0, 0.05) is 12.2 Å². The zero-order chi connectivity index (χ0) is 12.1. The van der Waals surface area contributed by atoms with Crippen molar-refractivity contribution >= 4 is 17.6 Å². The first kappa shape index (κ1) is 12.2. The normalized spacial score (nSPS) is 9.88. The molecule has 0 aliphatic heterocycles. The maximum Gasteiger partial charge on any atom is 0.312 e. The summed E-state index contributed by atoms with van der Waals surface area (Å²) in [5.41, 5.74) is 1.79. The second-order valence-electron chi connectivity index (χ2n) is 3.55. The van der Waals surface area contributed by atoms with Crippen molar-refractivity contribution in [2.24, 2.45) is 0 Å². The lowest BCUT2D eigenvalue weighted by molar-refractivity contribution is -0.140. The Labute approximate surface area is 94.5 Å². The van der Waals surface area contributed by atoms with Crippen molar-refractivity contribution in [3.05, 3.63) is 29.8 Å². The van der Waals surface area contributed by atoms with E-state index in [1.54, 1.807) is 6.07 Å². The number of aliphatic carboxylic acids is 1. The molecule has 1 amide bonds. The van der Waals surface area contributed by atoms with E-state index in [0.717, 1.165) is 11.3 Å². The zero-order valence-corrected chi connectivity index (χ0v) is 9.43. The van der Waals surface area contributed by atoms with E-state index in [1.165, 1.54) is 4.90 Å². The van der Waals surface area contributed by atoms with Gasteiger partial charge in [-0.15, -0.1) is 0 Å². The van der Waals surface area contributed by atoms with Gasteiger partial charge in [0.25, 0.3) is 0 Å². The van der Waals surface area contributed by atoms with Gasteiger partial charge in [0.15, 0.2) is 0 Å².